The molecule has 1 aromatic heterocycles. The summed E-state index contributed by atoms with van der Waals surface area (Å²) in [6.07, 6.45) is 2.59. The van der Waals surface area contributed by atoms with E-state index in [1.54, 1.807) is 31.5 Å². The number of ether oxygens (including phenoxy) is 1. The first-order valence-electron chi connectivity index (χ1n) is 6.85. The molecule has 112 valence electrons. The number of hydrogen-bond donors (Lipinski definition) is 1. The minimum atomic E-state index is -0.430. The van der Waals surface area contributed by atoms with E-state index in [-0.39, 0.29) is 5.02 Å². The van der Waals surface area contributed by atoms with Crippen LogP contribution in [0.3, 0.4) is 0 Å². The highest BCUT2D eigenvalue weighted by atomic mass is 35.5. The molecule has 0 radical (unpaired) electrons. The maximum absolute atomic E-state index is 14.4. The van der Waals surface area contributed by atoms with Gasteiger partial charge in [-0.25, -0.2) is 4.39 Å². The molecule has 1 atom stereocenters. The number of rotatable bonds is 6. The second-order valence-corrected chi connectivity index (χ2v) is 5.03. The van der Waals surface area contributed by atoms with Crippen molar-refractivity contribution in [1.29, 1.82) is 0 Å². The SMILES string of the molecule is CCCNC(c1cccc(Cl)c1F)c1ncccc1OC. The molecule has 0 fully saturated rings. The van der Waals surface area contributed by atoms with Gasteiger partial charge in [-0.1, -0.05) is 30.7 Å². The average Bonchev–Trinajstić information content (AvgIpc) is 2.52. The van der Waals surface area contributed by atoms with Crippen LogP contribution in [0.5, 0.6) is 5.75 Å². The van der Waals surface area contributed by atoms with Gasteiger partial charge in [-0.05, 0) is 31.2 Å². The minimum absolute atomic E-state index is 0.102. The first-order chi connectivity index (χ1) is 10.2. The molecule has 1 aromatic carbocycles. The molecule has 1 N–H and O–H groups in total. The topological polar surface area (TPSA) is 34.2 Å². The zero-order chi connectivity index (χ0) is 15.2. The molecule has 0 saturated carbocycles. The Bertz CT molecular complexity index is 607. The summed E-state index contributed by atoms with van der Waals surface area (Å²) in [6.45, 7) is 2.78. The number of aromatic nitrogens is 1. The lowest BCUT2D eigenvalue weighted by atomic mass is 10.0. The third kappa shape index (κ3) is 3.52. The number of nitrogens with one attached hydrogen (secondary N) is 1. The molecule has 3 nitrogen and oxygen atoms in total. The van der Waals surface area contributed by atoms with Crippen LogP contribution < -0.4 is 10.1 Å². The van der Waals surface area contributed by atoms with Crippen LogP contribution in [-0.4, -0.2) is 18.6 Å². The second-order valence-electron chi connectivity index (χ2n) is 4.62. The number of hydrogen-bond acceptors (Lipinski definition) is 3. The van der Waals surface area contributed by atoms with Crippen LogP contribution in [0.15, 0.2) is 36.5 Å². The van der Waals surface area contributed by atoms with E-state index in [1.165, 1.54) is 6.07 Å². The minimum Gasteiger partial charge on any atom is -0.495 e. The molecule has 1 heterocycles. The third-order valence-electron chi connectivity index (χ3n) is 3.18. The standard InChI is InChI=1S/C16H18ClFN2O/c1-3-9-19-15(11-6-4-7-12(17)14(11)18)16-13(21-2)8-5-10-20-16/h4-8,10,15,19H,3,9H2,1-2H3. The van der Waals surface area contributed by atoms with Gasteiger partial charge in [-0.2, -0.15) is 0 Å². The van der Waals surface area contributed by atoms with Crippen molar-refractivity contribution in [1.82, 2.24) is 10.3 Å². The van der Waals surface area contributed by atoms with Gasteiger partial charge >= 0.3 is 0 Å². The van der Waals surface area contributed by atoms with Crippen molar-refractivity contribution in [2.75, 3.05) is 13.7 Å². The lowest BCUT2D eigenvalue weighted by molar-refractivity contribution is 0.398. The Kier molecular flexibility index (Phi) is 5.53. The summed E-state index contributed by atoms with van der Waals surface area (Å²) in [5, 5.41) is 3.41. The quantitative estimate of drug-likeness (QED) is 0.876. The summed E-state index contributed by atoms with van der Waals surface area (Å²) < 4.78 is 19.7. The van der Waals surface area contributed by atoms with Crippen LogP contribution in [-0.2, 0) is 0 Å². The van der Waals surface area contributed by atoms with Crippen molar-refractivity contribution in [2.24, 2.45) is 0 Å². The highest BCUT2D eigenvalue weighted by Gasteiger charge is 2.23. The van der Waals surface area contributed by atoms with E-state index in [2.05, 4.69) is 10.3 Å². The molecule has 0 bridgehead atoms. The Morgan fingerprint density at radius 3 is 2.86 bits per heavy atom. The van der Waals surface area contributed by atoms with E-state index < -0.39 is 11.9 Å². The van der Waals surface area contributed by atoms with Crippen molar-refractivity contribution in [3.8, 4) is 5.75 Å². The van der Waals surface area contributed by atoms with Crippen molar-refractivity contribution < 1.29 is 9.13 Å². The molecule has 0 aliphatic carbocycles. The summed E-state index contributed by atoms with van der Waals surface area (Å²) in [5.74, 6) is 0.186. The number of halogens is 2. The van der Waals surface area contributed by atoms with Crippen LogP contribution in [0.4, 0.5) is 4.39 Å². The van der Waals surface area contributed by atoms with Crippen LogP contribution in [0, 0.1) is 5.82 Å². The Labute approximate surface area is 129 Å². The van der Waals surface area contributed by atoms with Gasteiger partial charge in [0, 0.05) is 11.8 Å². The molecule has 0 aliphatic heterocycles. The molecule has 2 aromatic rings. The molecule has 2 rings (SSSR count). The van der Waals surface area contributed by atoms with Crippen molar-refractivity contribution in [3.63, 3.8) is 0 Å². The van der Waals surface area contributed by atoms with E-state index in [0.29, 0.717) is 17.0 Å². The predicted octanol–water partition coefficient (Wildman–Crippen LogP) is 3.97. The lowest BCUT2D eigenvalue weighted by Crippen LogP contribution is -2.25. The average molecular weight is 309 g/mol. The van der Waals surface area contributed by atoms with E-state index in [0.717, 1.165) is 13.0 Å². The van der Waals surface area contributed by atoms with E-state index in [1.807, 2.05) is 13.0 Å². The second kappa shape index (κ2) is 7.38. The normalized spacial score (nSPS) is 12.2. The fraction of sp³-hybridized carbons (Fsp3) is 0.312. The largest absolute Gasteiger partial charge is 0.495 e. The molecular formula is C16H18ClFN2O. The number of nitrogens with zero attached hydrogens (tertiary/aromatic N) is 1. The Morgan fingerprint density at radius 2 is 2.14 bits per heavy atom. The number of methoxy groups -OCH3 is 1. The van der Waals surface area contributed by atoms with E-state index in [4.69, 9.17) is 16.3 Å². The van der Waals surface area contributed by atoms with Gasteiger partial charge in [0.2, 0.25) is 0 Å². The third-order valence-corrected chi connectivity index (χ3v) is 3.48. The highest BCUT2D eigenvalue weighted by molar-refractivity contribution is 6.30. The molecule has 0 saturated heterocycles. The van der Waals surface area contributed by atoms with Crippen molar-refractivity contribution in [2.45, 2.75) is 19.4 Å². The Morgan fingerprint density at radius 1 is 1.33 bits per heavy atom. The van der Waals surface area contributed by atoms with E-state index >= 15 is 0 Å². The number of pyridine rings is 1. The van der Waals surface area contributed by atoms with Crippen LogP contribution >= 0.6 is 11.6 Å². The van der Waals surface area contributed by atoms with Gasteiger partial charge in [0.05, 0.1) is 18.2 Å². The fourth-order valence-electron chi connectivity index (χ4n) is 2.18. The summed E-state index contributed by atoms with van der Waals surface area (Å²) in [4.78, 5) is 4.35. The van der Waals surface area contributed by atoms with Crippen molar-refractivity contribution >= 4 is 11.6 Å². The Balaban J connectivity index is 2.50. The first-order valence-corrected chi connectivity index (χ1v) is 7.23. The van der Waals surface area contributed by atoms with Crippen LogP contribution in [0.1, 0.15) is 30.6 Å². The predicted molar refractivity (Wildman–Crippen MR) is 82.3 cm³/mol. The van der Waals surface area contributed by atoms with Crippen LogP contribution in [0.2, 0.25) is 5.02 Å². The molecule has 0 aliphatic rings. The molecular weight excluding hydrogens is 291 g/mol. The summed E-state index contributed by atoms with van der Waals surface area (Å²) in [6, 6.07) is 8.17. The summed E-state index contributed by atoms with van der Waals surface area (Å²) >= 11 is 5.90. The molecule has 0 amide bonds. The number of benzene rings is 1. The van der Waals surface area contributed by atoms with Gasteiger partial charge in [-0.3, -0.25) is 4.98 Å². The van der Waals surface area contributed by atoms with Gasteiger partial charge in [0.25, 0.3) is 0 Å². The molecule has 5 heteroatoms. The first kappa shape index (κ1) is 15.7. The molecule has 1 unspecified atom stereocenters. The maximum atomic E-state index is 14.4. The zero-order valence-corrected chi connectivity index (χ0v) is 12.8. The van der Waals surface area contributed by atoms with Gasteiger partial charge in [0.15, 0.2) is 0 Å². The summed E-state index contributed by atoms with van der Waals surface area (Å²) in [7, 11) is 1.58. The zero-order valence-electron chi connectivity index (χ0n) is 12.1. The summed E-state index contributed by atoms with van der Waals surface area (Å²) in [5.41, 5.74) is 1.11. The van der Waals surface area contributed by atoms with Gasteiger partial charge in [-0.15, -0.1) is 0 Å². The fourth-order valence-corrected chi connectivity index (χ4v) is 2.36. The highest BCUT2D eigenvalue weighted by Crippen LogP contribution is 2.31. The monoisotopic (exact) mass is 308 g/mol. The van der Waals surface area contributed by atoms with Crippen molar-refractivity contribution in [3.05, 3.63) is 58.6 Å². The molecule has 0 spiro atoms. The van der Waals surface area contributed by atoms with Gasteiger partial charge in [0.1, 0.15) is 17.3 Å². The van der Waals surface area contributed by atoms with Crippen LogP contribution in [0.25, 0.3) is 0 Å². The lowest BCUT2D eigenvalue weighted by Gasteiger charge is -2.21. The smallest absolute Gasteiger partial charge is 0.146 e. The molecule has 21 heavy (non-hydrogen) atoms. The van der Waals surface area contributed by atoms with Gasteiger partial charge < -0.3 is 10.1 Å². The maximum Gasteiger partial charge on any atom is 0.146 e. The Hall–Kier alpha value is -1.65. The van der Waals surface area contributed by atoms with E-state index in [9.17, 15) is 4.39 Å².